The summed E-state index contributed by atoms with van der Waals surface area (Å²) >= 11 is 5.87. The average Bonchev–Trinajstić information content (AvgIpc) is 3.44. The topological polar surface area (TPSA) is 33.1 Å². The molecule has 1 aliphatic rings. The number of thiocarbonyl (C=S) groups is 1. The summed E-state index contributed by atoms with van der Waals surface area (Å²) in [6.07, 6.45) is 4.98. The van der Waals surface area contributed by atoms with Crippen LogP contribution in [-0.4, -0.2) is 14.7 Å². The van der Waals surface area contributed by atoms with E-state index in [9.17, 15) is 0 Å². The Kier molecular flexibility index (Phi) is 5.50. The third-order valence-electron chi connectivity index (χ3n) is 6.08. The molecule has 5 rings (SSSR count). The molecular formula is C27H26N4S. The van der Waals surface area contributed by atoms with Gasteiger partial charge in [0.1, 0.15) is 6.04 Å². The largest absolute Gasteiger partial charge is 0.351 e. The summed E-state index contributed by atoms with van der Waals surface area (Å²) in [6, 6.07) is 27.5. The molecule has 2 atom stereocenters. The molecule has 2 aromatic heterocycles. The second-order valence-corrected chi connectivity index (χ2v) is 8.55. The highest BCUT2D eigenvalue weighted by atomic mass is 32.1. The third kappa shape index (κ3) is 3.69. The highest BCUT2D eigenvalue weighted by molar-refractivity contribution is 7.80. The van der Waals surface area contributed by atoms with Crippen molar-refractivity contribution in [3.63, 3.8) is 0 Å². The minimum absolute atomic E-state index is 0.0413. The van der Waals surface area contributed by atoms with Crippen LogP contribution in [0.3, 0.4) is 0 Å². The first-order chi connectivity index (χ1) is 15.7. The van der Waals surface area contributed by atoms with Crippen LogP contribution in [0.1, 0.15) is 41.5 Å². The number of hydrogen-bond donors (Lipinski definition) is 1. The molecule has 32 heavy (non-hydrogen) atoms. The molecule has 1 N–H and O–H groups in total. The third-order valence-corrected chi connectivity index (χ3v) is 6.40. The van der Waals surface area contributed by atoms with Crippen molar-refractivity contribution in [2.75, 3.05) is 4.90 Å². The van der Waals surface area contributed by atoms with E-state index >= 15 is 0 Å². The normalized spacial score (nSPS) is 18.1. The monoisotopic (exact) mass is 438 g/mol. The Labute approximate surface area is 194 Å². The van der Waals surface area contributed by atoms with Crippen molar-refractivity contribution in [2.45, 2.75) is 32.4 Å². The number of benzene rings is 2. The Morgan fingerprint density at radius 1 is 0.938 bits per heavy atom. The summed E-state index contributed by atoms with van der Waals surface area (Å²) in [6.45, 7) is 4.29. The highest BCUT2D eigenvalue weighted by Crippen LogP contribution is 2.42. The van der Waals surface area contributed by atoms with Gasteiger partial charge in [0.25, 0.3) is 0 Å². The van der Waals surface area contributed by atoms with Crippen LogP contribution in [-0.2, 0) is 6.42 Å². The second-order valence-electron chi connectivity index (χ2n) is 8.16. The number of nitrogens with one attached hydrogen (secondary N) is 1. The fourth-order valence-corrected chi connectivity index (χ4v) is 4.82. The smallest absolute Gasteiger partial charge is 0.174 e. The summed E-state index contributed by atoms with van der Waals surface area (Å²) in [7, 11) is 0. The van der Waals surface area contributed by atoms with Crippen LogP contribution in [0.25, 0.3) is 5.69 Å². The summed E-state index contributed by atoms with van der Waals surface area (Å²) in [5.74, 6) is 0. The van der Waals surface area contributed by atoms with Gasteiger partial charge in [0, 0.05) is 29.5 Å². The Morgan fingerprint density at radius 2 is 1.78 bits per heavy atom. The van der Waals surface area contributed by atoms with Gasteiger partial charge >= 0.3 is 0 Å². The van der Waals surface area contributed by atoms with Crippen molar-refractivity contribution >= 4 is 23.0 Å². The number of hydrogen-bond acceptors (Lipinski definition) is 2. The van der Waals surface area contributed by atoms with Gasteiger partial charge in [-0.3, -0.25) is 4.98 Å². The Morgan fingerprint density at radius 3 is 2.50 bits per heavy atom. The fourth-order valence-electron chi connectivity index (χ4n) is 4.47. The van der Waals surface area contributed by atoms with Crippen LogP contribution >= 0.6 is 12.2 Å². The van der Waals surface area contributed by atoms with Crippen LogP contribution in [0.2, 0.25) is 0 Å². The number of rotatable bonds is 5. The Bertz CT molecular complexity index is 1230. The predicted octanol–water partition coefficient (Wildman–Crippen LogP) is 5.92. The molecule has 0 spiro atoms. The molecule has 4 nitrogen and oxygen atoms in total. The van der Waals surface area contributed by atoms with Gasteiger partial charge in [-0.2, -0.15) is 0 Å². The van der Waals surface area contributed by atoms with Gasteiger partial charge in [-0.15, -0.1) is 0 Å². The van der Waals surface area contributed by atoms with Crippen molar-refractivity contribution in [1.29, 1.82) is 0 Å². The minimum atomic E-state index is -0.0620. The zero-order chi connectivity index (χ0) is 22.1. The van der Waals surface area contributed by atoms with Crippen LogP contribution in [0.15, 0.2) is 91.3 Å². The summed E-state index contributed by atoms with van der Waals surface area (Å²) in [5, 5.41) is 4.27. The number of anilines is 1. The Balaban J connectivity index is 1.65. The maximum Gasteiger partial charge on any atom is 0.174 e. The molecule has 0 amide bonds. The van der Waals surface area contributed by atoms with E-state index in [1.165, 1.54) is 11.1 Å². The van der Waals surface area contributed by atoms with Crippen molar-refractivity contribution in [3.05, 3.63) is 114 Å². The number of nitrogens with zero attached hydrogens (tertiary/aromatic N) is 3. The number of aromatic nitrogens is 2. The molecule has 0 saturated carbocycles. The van der Waals surface area contributed by atoms with E-state index in [1.54, 1.807) is 0 Å². The molecule has 2 aromatic carbocycles. The van der Waals surface area contributed by atoms with Crippen LogP contribution < -0.4 is 10.2 Å². The lowest BCUT2D eigenvalue weighted by Crippen LogP contribution is -2.30. The molecule has 3 heterocycles. The van der Waals surface area contributed by atoms with E-state index in [1.807, 2.05) is 18.3 Å². The summed E-state index contributed by atoms with van der Waals surface area (Å²) in [4.78, 5) is 6.90. The molecule has 5 heteroatoms. The van der Waals surface area contributed by atoms with Gasteiger partial charge in [0.2, 0.25) is 0 Å². The standard InChI is InChI=1S/C27H26N4S/c1-3-20-12-14-21(15-13-20)31-26(25(29-27(31)32)23-10-4-5-16-28-23)24-11-7-17-30(24)22-9-6-8-19(2)18-22/h4-18,25-26H,3H2,1-2H3,(H,29,32)/t25-,26-/m0/s1. The fraction of sp³-hybridized carbons (Fsp3) is 0.185. The van der Waals surface area contributed by atoms with Crippen molar-refractivity contribution in [1.82, 2.24) is 14.9 Å². The van der Waals surface area contributed by atoms with Gasteiger partial charge in [0.15, 0.2) is 5.11 Å². The molecule has 0 unspecified atom stereocenters. The van der Waals surface area contributed by atoms with Gasteiger partial charge in [0.05, 0.1) is 11.7 Å². The molecule has 160 valence electrons. The summed E-state index contributed by atoms with van der Waals surface area (Å²) < 4.78 is 2.26. The van der Waals surface area contributed by atoms with E-state index < -0.39 is 0 Å². The van der Waals surface area contributed by atoms with Gasteiger partial charge in [-0.1, -0.05) is 37.3 Å². The minimum Gasteiger partial charge on any atom is -0.351 e. The molecule has 1 aliphatic heterocycles. The predicted molar refractivity (Wildman–Crippen MR) is 134 cm³/mol. The zero-order valence-corrected chi connectivity index (χ0v) is 19.1. The molecule has 0 aliphatic carbocycles. The van der Waals surface area contributed by atoms with Crippen molar-refractivity contribution in [2.24, 2.45) is 0 Å². The molecule has 0 radical (unpaired) electrons. The SMILES string of the molecule is CCc1ccc(N2C(=S)N[C@@H](c3ccccn3)[C@@H]2c2cccn2-c2cccc(C)c2)cc1. The van der Waals surface area contributed by atoms with E-state index in [-0.39, 0.29) is 12.1 Å². The van der Waals surface area contributed by atoms with E-state index in [4.69, 9.17) is 12.2 Å². The van der Waals surface area contributed by atoms with E-state index in [0.29, 0.717) is 5.11 Å². The van der Waals surface area contributed by atoms with Crippen LogP contribution in [0, 0.1) is 6.92 Å². The molecule has 1 saturated heterocycles. The van der Waals surface area contributed by atoms with E-state index in [2.05, 4.69) is 107 Å². The maximum absolute atomic E-state index is 5.87. The quantitative estimate of drug-likeness (QED) is 0.392. The van der Waals surface area contributed by atoms with Gasteiger partial charge in [-0.05, 0) is 85.2 Å². The van der Waals surface area contributed by atoms with Crippen molar-refractivity contribution < 1.29 is 0 Å². The summed E-state index contributed by atoms with van der Waals surface area (Å²) in [5.41, 5.74) is 6.91. The van der Waals surface area contributed by atoms with E-state index in [0.717, 1.165) is 29.2 Å². The highest BCUT2D eigenvalue weighted by Gasteiger charge is 2.42. The lowest BCUT2D eigenvalue weighted by molar-refractivity contribution is 0.549. The molecule has 4 aromatic rings. The van der Waals surface area contributed by atoms with Gasteiger partial charge < -0.3 is 14.8 Å². The first kappa shape index (κ1) is 20.5. The first-order valence-electron chi connectivity index (χ1n) is 11.0. The number of pyridine rings is 1. The zero-order valence-electron chi connectivity index (χ0n) is 18.3. The second kappa shape index (κ2) is 8.60. The molecule has 1 fully saturated rings. The van der Waals surface area contributed by atoms with Crippen LogP contribution in [0.5, 0.6) is 0 Å². The Hall–Kier alpha value is -3.44. The van der Waals surface area contributed by atoms with Crippen molar-refractivity contribution in [3.8, 4) is 5.69 Å². The maximum atomic E-state index is 5.87. The first-order valence-corrected chi connectivity index (χ1v) is 11.4. The average molecular weight is 439 g/mol. The van der Waals surface area contributed by atoms with Gasteiger partial charge in [-0.25, -0.2) is 0 Å². The molecule has 0 bridgehead atoms. The molecular weight excluding hydrogens is 412 g/mol. The lowest BCUT2D eigenvalue weighted by atomic mass is 10.0. The lowest BCUT2D eigenvalue weighted by Gasteiger charge is -2.29. The number of aryl methyl sites for hydroxylation is 2. The van der Waals surface area contributed by atoms with Crippen LogP contribution in [0.4, 0.5) is 5.69 Å².